The first kappa shape index (κ1) is 28.7. The number of hydrogen-bond donors (Lipinski definition) is 9. The number of carbonyl (C=O) groups is 1. The number of phenolic OH excluding ortho intramolecular Hbond substituents is 2. The summed E-state index contributed by atoms with van der Waals surface area (Å²) in [7, 11) is -8.50. The summed E-state index contributed by atoms with van der Waals surface area (Å²) >= 11 is 0. The lowest BCUT2D eigenvalue weighted by Crippen LogP contribution is -2.28. The number of nitrogens with zero attached hydrogens (tertiary/aromatic N) is 1. The smallest absolute Gasteiger partial charge is 0.327 e. The highest BCUT2D eigenvalue weighted by molar-refractivity contribution is 7.89. The highest BCUT2D eigenvalue weighted by atomic mass is 32.2. The number of amides is 1. The van der Waals surface area contributed by atoms with E-state index in [2.05, 4.69) is 15.3 Å². The highest BCUT2D eigenvalue weighted by Gasteiger charge is 2.22. The van der Waals surface area contributed by atoms with Crippen LogP contribution >= 0.6 is 7.60 Å². The summed E-state index contributed by atoms with van der Waals surface area (Å²) in [6, 6.07) is 10.9. The summed E-state index contributed by atoms with van der Waals surface area (Å²) in [6.45, 7) is -0.278. The molecule has 1 heterocycles. The van der Waals surface area contributed by atoms with Gasteiger partial charge in [0, 0.05) is 23.2 Å². The maximum Gasteiger partial charge on any atom is 0.327 e. The molecule has 0 bridgehead atoms. The number of imidazole rings is 1. The van der Waals surface area contributed by atoms with Crippen LogP contribution in [0, 0.1) is 5.41 Å². The van der Waals surface area contributed by atoms with Gasteiger partial charge < -0.3 is 36.0 Å². The number of nitrogens with two attached hydrogens (primary N) is 2. The number of H-pyrrole nitrogens is 1. The van der Waals surface area contributed by atoms with E-state index in [1.807, 2.05) is 0 Å². The largest absolute Gasteiger partial charge is 0.507 e. The Morgan fingerprint density at radius 3 is 2.40 bits per heavy atom. The molecule has 0 spiro atoms. The lowest BCUT2D eigenvalue weighted by Gasteiger charge is -2.14. The average molecular weight is 589 g/mol. The summed E-state index contributed by atoms with van der Waals surface area (Å²) in [6.07, 6.45) is -0.855. The Bertz CT molecular complexity index is 1820. The fourth-order valence-corrected chi connectivity index (χ4v) is 4.93. The number of primary sulfonamides is 1. The normalized spacial score (nSPS) is 12.0. The number of aromatic amines is 1. The van der Waals surface area contributed by atoms with Gasteiger partial charge >= 0.3 is 7.60 Å². The number of carbonyl (C=O) groups excluding carboxylic acids is 1. The number of hydrogen-bond acceptors (Lipinski definition) is 8. The second-order valence-electron chi connectivity index (χ2n) is 8.91. The predicted octanol–water partition coefficient (Wildman–Crippen LogP) is 1.08. The van der Waals surface area contributed by atoms with Crippen LogP contribution in [-0.2, 0) is 25.8 Å². The summed E-state index contributed by atoms with van der Waals surface area (Å²) in [5, 5.41) is 37.1. The molecule has 3 aromatic carbocycles. The molecule has 11 N–H and O–H groups in total. The van der Waals surface area contributed by atoms with E-state index in [4.69, 9.17) is 26.1 Å². The average Bonchev–Trinajstić information content (AvgIpc) is 3.27. The Kier molecular flexibility index (Phi) is 7.70. The van der Waals surface area contributed by atoms with Crippen LogP contribution in [0.3, 0.4) is 0 Å². The fraction of sp³-hybridized carbons (Fsp3) is 0.125. The lowest BCUT2D eigenvalue weighted by atomic mass is 9.95. The van der Waals surface area contributed by atoms with Crippen LogP contribution in [0.5, 0.6) is 11.5 Å². The van der Waals surface area contributed by atoms with Crippen LogP contribution in [0.1, 0.15) is 11.1 Å². The van der Waals surface area contributed by atoms with Crippen molar-refractivity contribution in [2.24, 2.45) is 10.9 Å². The Morgan fingerprint density at radius 1 is 1.05 bits per heavy atom. The molecule has 16 heteroatoms. The van der Waals surface area contributed by atoms with Crippen molar-refractivity contribution in [1.82, 2.24) is 15.3 Å². The number of sulfonamides is 1. The standard InChI is InChI=1S/C24H25N6O8PS/c25-23(26)13-1-3-18-19(10-13)30-24(29-18)17-8-12(9-21(32)28-5-6-39(34,35)36)7-16(22(17)33)15-11-14(40(27,37)38)2-4-20(15)31/h1-4,7-8,10-11,31,33H,5-6,9H2,(H3,25,26)(H,28,32)(H,29,30)(H2,27,37,38)(H2,34,35,36). The number of rotatable bonds is 9. The monoisotopic (exact) mass is 588 g/mol. The Hall–Kier alpha value is -4.27. The SMILES string of the molecule is N=C(N)c1ccc2nc(-c3cc(CC(=O)NCCP(=O)(O)O)cc(-c4cc(S(N)(=O)=O)ccc4O)c3O)[nH]c2c1. The molecule has 0 aliphatic carbocycles. The molecule has 0 saturated heterocycles. The van der Waals surface area contributed by atoms with Crippen LogP contribution in [0.2, 0.25) is 0 Å². The topological polar surface area (TPSA) is 266 Å². The maximum atomic E-state index is 12.5. The van der Waals surface area contributed by atoms with Crippen LogP contribution in [0.25, 0.3) is 33.5 Å². The molecule has 4 aromatic rings. The molecule has 40 heavy (non-hydrogen) atoms. The molecule has 1 aromatic heterocycles. The number of phenols is 2. The summed E-state index contributed by atoms with van der Waals surface area (Å²) in [5.74, 6) is -1.39. The molecular weight excluding hydrogens is 563 g/mol. The molecular formula is C24H25N6O8PS. The zero-order chi connectivity index (χ0) is 29.4. The fourth-order valence-electron chi connectivity index (χ4n) is 3.98. The van der Waals surface area contributed by atoms with E-state index in [-0.39, 0.29) is 52.0 Å². The van der Waals surface area contributed by atoms with E-state index in [9.17, 15) is 28.0 Å². The van der Waals surface area contributed by atoms with Crippen molar-refractivity contribution in [3.05, 3.63) is 59.7 Å². The van der Waals surface area contributed by atoms with Crippen molar-refractivity contribution in [3.63, 3.8) is 0 Å². The molecule has 0 unspecified atom stereocenters. The van der Waals surface area contributed by atoms with Crippen LogP contribution in [0.4, 0.5) is 0 Å². The molecule has 0 aliphatic heterocycles. The molecule has 0 saturated carbocycles. The van der Waals surface area contributed by atoms with E-state index in [0.29, 0.717) is 22.2 Å². The van der Waals surface area contributed by atoms with Crippen molar-refractivity contribution in [2.45, 2.75) is 11.3 Å². The molecule has 0 radical (unpaired) electrons. The van der Waals surface area contributed by atoms with E-state index in [0.717, 1.165) is 18.2 Å². The Balaban J connectivity index is 1.85. The van der Waals surface area contributed by atoms with E-state index in [1.54, 1.807) is 18.2 Å². The minimum atomic E-state index is -4.32. The third-order valence-corrected chi connectivity index (χ3v) is 7.61. The molecule has 14 nitrogen and oxygen atoms in total. The first-order valence-corrected chi connectivity index (χ1v) is 14.8. The summed E-state index contributed by atoms with van der Waals surface area (Å²) in [4.78, 5) is 37.7. The van der Waals surface area contributed by atoms with Gasteiger partial charge in [-0.25, -0.2) is 18.5 Å². The number of nitrogens with one attached hydrogen (secondary N) is 3. The van der Waals surface area contributed by atoms with Gasteiger partial charge in [-0.1, -0.05) is 0 Å². The van der Waals surface area contributed by atoms with Crippen molar-refractivity contribution in [2.75, 3.05) is 12.7 Å². The van der Waals surface area contributed by atoms with Crippen LogP contribution in [0.15, 0.2) is 53.4 Å². The Labute approximate surface area is 227 Å². The van der Waals surface area contributed by atoms with Gasteiger partial charge in [0.15, 0.2) is 0 Å². The number of amidine groups is 1. The van der Waals surface area contributed by atoms with E-state index in [1.165, 1.54) is 12.1 Å². The first-order chi connectivity index (χ1) is 18.6. The van der Waals surface area contributed by atoms with Crippen LogP contribution < -0.4 is 16.2 Å². The number of fused-ring (bicyclic) bond motifs is 1. The van der Waals surface area contributed by atoms with Crippen molar-refractivity contribution in [1.29, 1.82) is 5.41 Å². The molecule has 0 aliphatic rings. The molecule has 0 atom stereocenters. The van der Waals surface area contributed by atoms with Gasteiger partial charge in [0.25, 0.3) is 0 Å². The minimum Gasteiger partial charge on any atom is -0.507 e. The van der Waals surface area contributed by atoms with E-state index < -0.39 is 35.4 Å². The zero-order valence-electron chi connectivity index (χ0n) is 20.6. The van der Waals surface area contributed by atoms with Crippen molar-refractivity contribution in [3.8, 4) is 34.0 Å². The Morgan fingerprint density at radius 2 is 1.75 bits per heavy atom. The number of aromatic hydroxyl groups is 2. The zero-order valence-corrected chi connectivity index (χ0v) is 22.3. The second-order valence-corrected chi connectivity index (χ2v) is 12.2. The summed E-state index contributed by atoms with van der Waals surface area (Å²) < 4.78 is 35.0. The van der Waals surface area contributed by atoms with Gasteiger partial charge in [0.2, 0.25) is 15.9 Å². The van der Waals surface area contributed by atoms with Crippen molar-refractivity contribution >= 4 is 40.4 Å². The van der Waals surface area contributed by atoms with Gasteiger partial charge in [-0.3, -0.25) is 14.8 Å². The molecule has 0 fully saturated rings. The van der Waals surface area contributed by atoms with Crippen LogP contribution in [-0.4, -0.2) is 62.8 Å². The third-order valence-electron chi connectivity index (χ3n) is 5.89. The third kappa shape index (κ3) is 6.47. The number of benzene rings is 3. The predicted molar refractivity (Wildman–Crippen MR) is 146 cm³/mol. The van der Waals surface area contributed by atoms with Gasteiger partial charge in [-0.15, -0.1) is 0 Å². The number of nitrogen functional groups attached to an aromatic ring is 1. The van der Waals surface area contributed by atoms with Gasteiger partial charge in [-0.05, 0) is 54.1 Å². The second kappa shape index (κ2) is 10.7. The quantitative estimate of drug-likeness (QED) is 0.0762. The van der Waals surface area contributed by atoms with Gasteiger partial charge in [0.1, 0.15) is 23.2 Å². The van der Waals surface area contributed by atoms with Gasteiger partial charge in [-0.2, -0.15) is 0 Å². The van der Waals surface area contributed by atoms with Crippen molar-refractivity contribution < 1.29 is 37.8 Å². The molecule has 4 rings (SSSR count). The maximum absolute atomic E-state index is 12.5. The summed E-state index contributed by atoms with van der Waals surface area (Å²) in [5.41, 5.74) is 7.21. The molecule has 210 valence electrons. The minimum absolute atomic E-state index is 0.0385. The molecule has 1 amide bonds. The highest BCUT2D eigenvalue weighted by Crippen LogP contribution is 2.43. The van der Waals surface area contributed by atoms with E-state index >= 15 is 0 Å². The number of aromatic nitrogens is 2. The first-order valence-electron chi connectivity index (χ1n) is 11.5. The van der Waals surface area contributed by atoms with Gasteiger partial charge in [0.05, 0.1) is 34.1 Å². The lowest BCUT2D eigenvalue weighted by molar-refractivity contribution is -0.120.